The maximum Gasteiger partial charge on any atom is 0.321 e. The Morgan fingerprint density at radius 3 is 2.71 bits per heavy atom. The highest BCUT2D eigenvalue weighted by Gasteiger charge is 2.21. The average molecular weight is 287 g/mol. The van der Waals surface area contributed by atoms with Gasteiger partial charge in [-0.05, 0) is 49.9 Å². The monoisotopic (exact) mass is 287 g/mol. The molecule has 1 atom stereocenters. The van der Waals surface area contributed by atoms with Crippen LogP contribution in [0, 0.1) is 17.2 Å². The zero-order valence-electron chi connectivity index (χ0n) is 12.5. The minimum atomic E-state index is -0.218. The van der Waals surface area contributed by atoms with Gasteiger partial charge >= 0.3 is 6.03 Å². The van der Waals surface area contributed by atoms with Gasteiger partial charge in [-0.2, -0.15) is 5.26 Å². The van der Waals surface area contributed by atoms with E-state index < -0.39 is 0 Å². The average Bonchev–Trinajstić information content (AvgIpc) is 3.30. The summed E-state index contributed by atoms with van der Waals surface area (Å²) in [7, 11) is 1.68. The van der Waals surface area contributed by atoms with Gasteiger partial charge in [0.25, 0.3) is 0 Å². The molecule has 0 radical (unpaired) electrons. The number of carbonyl (C=O) groups is 1. The van der Waals surface area contributed by atoms with Crippen LogP contribution in [0.25, 0.3) is 0 Å². The summed E-state index contributed by atoms with van der Waals surface area (Å²) in [5.74, 6) is 1.55. The van der Waals surface area contributed by atoms with E-state index >= 15 is 0 Å². The van der Waals surface area contributed by atoms with Crippen molar-refractivity contribution >= 4 is 11.7 Å². The Bertz CT molecular complexity index is 517. The SMILES string of the molecule is C[C@@H](CC#N)N(C)C(=O)Nc1ccc(OCC2CC2)cc1. The van der Waals surface area contributed by atoms with Crippen LogP contribution in [-0.2, 0) is 0 Å². The molecule has 0 spiro atoms. The summed E-state index contributed by atoms with van der Waals surface area (Å²) < 4.78 is 5.65. The second-order valence-electron chi connectivity index (χ2n) is 5.53. The number of carbonyl (C=O) groups excluding carboxylic acids is 1. The van der Waals surface area contributed by atoms with Gasteiger partial charge in [-0.15, -0.1) is 0 Å². The van der Waals surface area contributed by atoms with E-state index in [0.29, 0.717) is 6.42 Å². The van der Waals surface area contributed by atoms with Gasteiger partial charge in [0.05, 0.1) is 19.1 Å². The Hall–Kier alpha value is -2.22. The maximum atomic E-state index is 12.0. The minimum Gasteiger partial charge on any atom is -0.493 e. The highest BCUT2D eigenvalue weighted by molar-refractivity contribution is 5.89. The van der Waals surface area contributed by atoms with Gasteiger partial charge in [-0.25, -0.2) is 4.79 Å². The summed E-state index contributed by atoms with van der Waals surface area (Å²) in [6.45, 7) is 2.62. The van der Waals surface area contributed by atoms with Gasteiger partial charge < -0.3 is 15.0 Å². The van der Waals surface area contributed by atoms with E-state index in [1.807, 2.05) is 31.2 Å². The molecule has 0 aliphatic heterocycles. The molecule has 0 unspecified atom stereocenters. The van der Waals surface area contributed by atoms with Crippen molar-refractivity contribution in [3.63, 3.8) is 0 Å². The first-order chi connectivity index (χ1) is 10.1. The lowest BCUT2D eigenvalue weighted by Crippen LogP contribution is -2.38. The molecule has 1 aromatic rings. The fraction of sp³-hybridized carbons (Fsp3) is 0.500. The predicted octanol–water partition coefficient (Wildman–Crippen LogP) is 3.24. The van der Waals surface area contributed by atoms with Crippen LogP contribution in [-0.4, -0.2) is 30.6 Å². The number of amides is 2. The Labute approximate surface area is 125 Å². The van der Waals surface area contributed by atoms with Gasteiger partial charge in [0.15, 0.2) is 0 Å². The van der Waals surface area contributed by atoms with E-state index in [2.05, 4.69) is 11.4 Å². The summed E-state index contributed by atoms with van der Waals surface area (Å²) in [6.07, 6.45) is 2.85. The zero-order chi connectivity index (χ0) is 15.2. The third-order valence-electron chi connectivity index (χ3n) is 3.66. The van der Waals surface area contributed by atoms with Crippen LogP contribution in [0.3, 0.4) is 0 Å². The standard InChI is InChI=1S/C16H21N3O2/c1-12(9-10-17)19(2)16(20)18-14-5-7-15(8-6-14)21-11-13-3-4-13/h5-8,12-13H,3-4,9,11H2,1-2H3,(H,18,20)/t12-/m0/s1. The lowest BCUT2D eigenvalue weighted by Gasteiger charge is -2.23. The van der Waals surface area contributed by atoms with Crippen molar-refractivity contribution in [1.82, 2.24) is 4.90 Å². The Morgan fingerprint density at radius 2 is 2.14 bits per heavy atom. The number of hydrogen-bond acceptors (Lipinski definition) is 3. The largest absolute Gasteiger partial charge is 0.493 e. The maximum absolute atomic E-state index is 12.0. The molecular weight excluding hydrogens is 266 g/mol. The number of anilines is 1. The molecule has 1 aliphatic rings. The Kier molecular flexibility index (Phi) is 5.04. The van der Waals surface area contributed by atoms with Crippen molar-refractivity contribution in [1.29, 1.82) is 5.26 Å². The van der Waals surface area contributed by atoms with Crippen molar-refractivity contribution in [3.05, 3.63) is 24.3 Å². The van der Waals surface area contributed by atoms with Gasteiger partial charge in [-0.3, -0.25) is 0 Å². The molecule has 2 rings (SSSR count). The van der Waals surface area contributed by atoms with E-state index in [9.17, 15) is 4.79 Å². The Morgan fingerprint density at radius 1 is 1.48 bits per heavy atom. The van der Waals surface area contributed by atoms with E-state index in [1.165, 1.54) is 17.7 Å². The van der Waals surface area contributed by atoms with Gasteiger partial charge in [-0.1, -0.05) is 0 Å². The van der Waals surface area contributed by atoms with E-state index in [1.54, 1.807) is 7.05 Å². The topological polar surface area (TPSA) is 65.4 Å². The number of rotatable bonds is 6. The minimum absolute atomic E-state index is 0.115. The van der Waals surface area contributed by atoms with Gasteiger partial charge in [0.2, 0.25) is 0 Å². The van der Waals surface area contributed by atoms with Crippen molar-refractivity contribution in [3.8, 4) is 11.8 Å². The second kappa shape index (κ2) is 6.98. The third kappa shape index (κ3) is 4.67. The van der Waals surface area contributed by atoms with Crippen LogP contribution in [0.5, 0.6) is 5.75 Å². The first kappa shape index (κ1) is 15.2. The molecule has 0 saturated heterocycles. The highest BCUT2D eigenvalue weighted by Crippen LogP contribution is 2.29. The molecule has 1 saturated carbocycles. The van der Waals surface area contributed by atoms with Crippen LogP contribution in [0.1, 0.15) is 26.2 Å². The molecule has 2 amide bonds. The summed E-state index contributed by atoms with van der Waals surface area (Å²) in [5.41, 5.74) is 0.717. The lowest BCUT2D eigenvalue weighted by atomic mass is 10.2. The van der Waals surface area contributed by atoms with Crippen molar-refractivity contribution < 1.29 is 9.53 Å². The van der Waals surface area contributed by atoms with Crippen LogP contribution in [0.2, 0.25) is 0 Å². The normalized spacial score (nSPS) is 14.9. The number of benzene rings is 1. The van der Waals surface area contributed by atoms with Crippen molar-refractivity contribution in [2.75, 3.05) is 19.0 Å². The molecule has 0 aromatic heterocycles. The first-order valence-electron chi connectivity index (χ1n) is 7.23. The second-order valence-corrected chi connectivity index (χ2v) is 5.53. The smallest absolute Gasteiger partial charge is 0.321 e. The molecule has 1 fully saturated rings. The molecular formula is C16H21N3O2. The molecule has 112 valence electrons. The first-order valence-corrected chi connectivity index (χ1v) is 7.23. The van der Waals surface area contributed by atoms with Gasteiger partial charge in [0.1, 0.15) is 5.75 Å². The van der Waals surface area contributed by atoms with Crippen LogP contribution in [0.15, 0.2) is 24.3 Å². The van der Waals surface area contributed by atoms with E-state index in [-0.39, 0.29) is 12.1 Å². The summed E-state index contributed by atoms with van der Waals surface area (Å²) in [6, 6.07) is 9.09. The van der Waals surface area contributed by atoms with Crippen molar-refractivity contribution in [2.45, 2.75) is 32.2 Å². The number of hydrogen-bond donors (Lipinski definition) is 1. The molecule has 5 nitrogen and oxygen atoms in total. The summed E-state index contributed by atoms with van der Waals surface area (Å²) >= 11 is 0. The molecule has 1 N–H and O–H groups in total. The zero-order valence-corrected chi connectivity index (χ0v) is 12.5. The van der Waals surface area contributed by atoms with Crippen LogP contribution < -0.4 is 10.1 Å². The van der Waals surface area contributed by atoms with Crippen molar-refractivity contribution in [2.24, 2.45) is 5.92 Å². The van der Waals surface area contributed by atoms with E-state index in [4.69, 9.17) is 10.00 Å². The number of nitrogens with one attached hydrogen (secondary N) is 1. The van der Waals surface area contributed by atoms with Crippen LogP contribution in [0.4, 0.5) is 10.5 Å². The lowest BCUT2D eigenvalue weighted by molar-refractivity contribution is 0.208. The quantitative estimate of drug-likeness (QED) is 0.873. The number of ether oxygens (including phenoxy) is 1. The fourth-order valence-corrected chi connectivity index (χ4v) is 1.81. The summed E-state index contributed by atoms with van der Waals surface area (Å²) in [5, 5.41) is 11.5. The molecule has 0 bridgehead atoms. The molecule has 1 aromatic carbocycles. The molecule has 5 heteroatoms. The Balaban J connectivity index is 1.84. The number of urea groups is 1. The number of nitriles is 1. The highest BCUT2D eigenvalue weighted by atomic mass is 16.5. The predicted molar refractivity (Wildman–Crippen MR) is 81.1 cm³/mol. The molecule has 0 heterocycles. The number of nitrogens with zero attached hydrogens (tertiary/aromatic N) is 2. The molecule has 1 aliphatic carbocycles. The molecule has 21 heavy (non-hydrogen) atoms. The van der Waals surface area contributed by atoms with E-state index in [0.717, 1.165) is 24.0 Å². The van der Waals surface area contributed by atoms with Gasteiger partial charge in [0, 0.05) is 18.8 Å². The third-order valence-corrected chi connectivity index (χ3v) is 3.66. The fourth-order valence-electron chi connectivity index (χ4n) is 1.81. The summed E-state index contributed by atoms with van der Waals surface area (Å²) in [4.78, 5) is 13.5. The van der Waals surface area contributed by atoms with Crippen LogP contribution >= 0.6 is 0 Å².